The summed E-state index contributed by atoms with van der Waals surface area (Å²) < 4.78 is 13.2. The second-order valence-electron chi connectivity index (χ2n) is 5.25. The summed E-state index contributed by atoms with van der Waals surface area (Å²) in [6.07, 6.45) is 3.55. The number of rotatable bonds is 1. The van der Waals surface area contributed by atoms with Gasteiger partial charge in [-0.15, -0.1) is 0 Å². The zero-order valence-corrected chi connectivity index (χ0v) is 9.95. The van der Waals surface area contributed by atoms with E-state index in [1.165, 1.54) is 12.5 Å². The Morgan fingerprint density at radius 3 is 2.82 bits per heavy atom. The molecule has 2 nitrogen and oxygen atoms in total. The molecular formula is C14H16FNO. The van der Waals surface area contributed by atoms with Gasteiger partial charge >= 0.3 is 0 Å². The summed E-state index contributed by atoms with van der Waals surface area (Å²) in [4.78, 5) is 14.3. The maximum atomic E-state index is 13.2. The first-order valence-corrected chi connectivity index (χ1v) is 6.22. The molecule has 0 spiro atoms. The molecule has 1 heterocycles. The van der Waals surface area contributed by atoms with E-state index in [2.05, 4.69) is 0 Å². The minimum Gasteiger partial charge on any atom is -0.335 e. The number of carbonyl (C=O) groups is 1. The monoisotopic (exact) mass is 233 g/mol. The number of halogens is 1. The lowest BCUT2D eigenvalue weighted by Gasteiger charge is -2.27. The predicted molar refractivity (Wildman–Crippen MR) is 63.3 cm³/mol. The van der Waals surface area contributed by atoms with Crippen LogP contribution in [-0.4, -0.2) is 23.4 Å². The molecule has 90 valence electrons. The summed E-state index contributed by atoms with van der Waals surface area (Å²) in [5.74, 6) is 0.523. The molecule has 3 heteroatoms. The fourth-order valence-electron chi connectivity index (χ4n) is 3.12. The van der Waals surface area contributed by atoms with Crippen LogP contribution in [0.3, 0.4) is 0 Å². The number of carbonyl (C=O) groups excluding carboxylic acids is 1. The Morgan fingerprint density at radius 2 is 2.24 bits per heavy atom. The Labute approximate surface area is 100 Å². The molecule has 2 fully saturated rings. The molecule has 1 saturated carbocycles. The zero-order chi connectivity index (χ0) is 12.0. The standard InChI is InChI=1S/C14H16FNO/c1-9-6-11(3-5-13(9)15)14(17)16-8-10-2-4-12(16)7-10/h3,5-6,10,12H,2,4,7-8H2,1H3. The third kappa shape index (κ3) is 1.74. The molecule has 1 aliphatic carbocycles. The summed E-state index contributed by atoms with van der Waals surface area (Å²) in [6.45, 7) is 2.59. The van der Waals surface area contributed by atoms with Crippen LogP contribution in [0, 0.1) is 18.7 Å². The Bertz CT molecular complexity index is 471. The van der Waals surface area contributed by atoms with Gasteiger partial charge in [0.15, 0.2) is 0 Å². The van der Waals surface area contributed by atoms with Gasteiger partial charge in [0.1, 0.15) is 5.82 Å². The second-order valence-corrected chi connectivity index (χ2v) is 5.25. The van der Waals surface area contributed by atoms with E-state index < -0.39 is 0 Å². The largest absolute Gasteiger partial charge is 0.335 e. The first-order chi connectivity index (χ1) is 8.15. The third-order valence-electron chi connectivity index (χ3n) is 4.07. The predicted octanol–water partition coefficient (Wildman–Crippen LogP) is 2.76. The van der Waals surface area contributed by atoms with Crippen molar-refractivity contribution in [3.63, 3.8) is 0 Å². The van der Waals surface area contributed by atoms with E-state index >= 15 is 0 Å². The lowest BCUT2D eigenvalue weighted by atomic mass is 10.1. The first-order valence-electron chi connectivity index (χ1n) is 6.22. The lowest BCUT2D eigenvalue weighted by Crippen LogP contribution is -2.37. The van der Waals surface area contributed by atoms with Crippen molar-refractivity contribution in [1.82, 2.24) is 4.90 Å². The highest BCUT2D eigenvalue weighted by atomic mass is 19.1. The molecule has 2 bridgehead atoms. The quantitative estimate of drug-likeness (QED) is 0.730. The number of aryl methyl sites for hydroxylation is 1. The lowest BCUT2D eigenvalue weighted by molar-refractivity contribution is 0.0703. The van der Waals surface area contributed by atoms with Gasteiger partial charge in [-0.2, -0.15) is 0 Å². The van der Waals surface area contributed by atoms with Crippen molar-refractivity contribution >= 4 is 5.91 Å². The molecule has 2 unspecified atom stereocenters. The van der Waals surface area contributed by atoms with Gasteiger partial charge < -0.3 is 4.90 Å². The topological polar surface area (TPSA) is 20.3 Å². The van der Waals surface area contributed by atoms with Crippen molar-refractivity contribution in [2.24, 2.45) is 5.92 Å². The van der Waals surface area contributed by atoms with Crippen molar-refractivity contribution < 1.29 is 9.18 Å². The molecule has 17 heavy (non-hydrogen) atoms. The van der Waals surface area contributed by atoms with E-state index in [1.807, 2.05) is 4.90 Å². The molecule has 1 amide bonds. The number of piperidine rings is 1. The van der Waals surface area contributed by atoms with Crippen molar-refractivity contribution in [1.29, 1.82) is 0 Å². The van der Waals surface area contributed by atoms with E-state index in [4.69, 9.17) is 0 Å². The van der Waals surface area contributed by atoms with E-state index in [1.54, 1.807) is 19.1 Å². The van der Waals surface area contributed by atoms with Crippen molar-refractivity contribution in [2.75, 3.05) is 6.54 Å². The van der Waals surface area contributed by atoms with Crippen LogP contribution >= 0.6 is 0 Å². The Balaban J connectivity index is 1.84. The van der Waals surface area contributed by atoms with Gasteiger partial charge in [0.2, 0.25) is 0 Å². The van der Waals surface area contributed by atoms with E-state index in [-0.39, 0.29) is 11.7 Å². The summed E-state index contributed by atoms with van der Waals surface area (Å²) >= 11 is 0. The highest BCUT2D eigenvalue weighted by Gasteiger charge is 2.40. The molecule has 3 rings (SSSR count). The fourth-order valence-corrected chi connectivity index (χ4v) is 3.12. The van der Waals surface area contributed by atoms with Gasteiger partial charge in [-0.3, -0.25) is 4.79 Å². The average molecular weight is 233 g/mol. The van der Waals surface area contributed by atoms with Gasteiger partial charge in [-0.25, -0.2) is 4.39 Å². The third-order valence-corrected chi connectivity index (χ3v) is 4.07. The van der Waals surface area contributed by atoms with Crippen molar-refractivity contribution in [2.45, 2.75) is 32.2 Å². The van der Waals surface area contributed by atoms with Crippen LogP contribution in [0.4, 0.5) is 4.39 Å². The highest BCUT2D eigenvalue weighted by molar-refractivity contribution is 5.94. The average Bonchev–Trinajstić information content (AvgIpc) is 2.93. The second kappa shape index (κ2) is 3.83. The van der Waals surface area contributed by atoms with E-state index in [0.29, 0.717) is 23.1 Å². The van der Waals surface area contributed by atoms with Crippen LogP contribution in [0.1, 0.15) is 35.2 Å². The van der Waals surface area contributed by atoms with Gasteiger partial charge in [-0.05, 0) is 55.9 Å². The zero-order valence-electron chi connectivity index (χ0n) is 9.95. The number of nitrogens with zero attached hydrogens (tertiary/aromatic N) is 1. The minimum atomic E-state index is -0.246. The van der Waals surface area contributed by atoms with Gasteiger partial charge in [0.25, 0.3) is 5.91 Å². The molecular weight excluding hydrogens is 217 g/mol. The van der Waals surface area contributed by atoms with Crippen LogP contribution in [-0.2, 0) is 0 Å². The Morgan fingerprint density at radius 1 is 1.41 bits per heavy atom. The molecule has 1 aromatic carbocycles. The van der Waals surface area contributed by atoms with Crippen molar-refractivity contribution in [3.05, 3.63) is 35.1 Å². The number of likely N-dealkylation sites (tertiary alicyclic amines) is 1. The van der Waals surface area contributed by atoms with Crippen LogP contribution in [0.15, 0.2) is 18.2 Å². The van der Waals surface area contributed by atoms with Crippen LogP contribution in [0.2, 0.25) is 0 Å². The normalized spacial score (nSPS) is 26.6. The van der Waals surface area contributed by atoms with Crippen LogP contribution in [0.5, 0.6) is 0 Å². The SMILES string of the molecule is Cc1cc(C(=O)N2CC3CCC2C3)ccc1F. The number of hydrogen-bond donors (Lipinski definition) is 0. The van der Waals surface area contributed by atoms with Gasteiger partial charge in [0, 0.05) is 18.2 Å². The Hall–Kier alpha value is -1.38. The number of benzene rings is 1. The molecule has 2 atom stereocenters. The molecule has 1 aromatic rings. The van der Waals surface area contributed by atoms with Crippen molar-refractivity contribution in [3.8, 4) is 0 Å². The fraction of sp³-hybridized carbons (Fsp3) is 0.500. The summed E-state index contributed by atoms with van der Waals surface area (Å²) in [5.41, 5.74) is 1.16. The molecule has 1 aliphatic heterocycles. The molecule has 0 aromatic heterocycles. The number of fused-ring (bicyclic) bond motifs is 2. The summed E-state index contributed by atoms with van der Waals surface area (Å²) in [7, 11) is 0. The van der Waals surface area contributed by atoms with E-state index in [0.717, 1.165) is 19.4 Å². The number of hydrogen-bond acceptors (Lipinski definition) is 1. The maximum absolute atomic E-state index is 13.2. The maximum Gasteiger partial charge on any atom is 0.254 e. The number of amides is 1. The molecule has 0 N–H and O–H groups in total. The Kier molecular flexibility index (Phi) is 2.42. The van der Waals surface area contributed by atoms with Gasteiger partial charge in [-0.1, -0.05) is 0 Å². The summed E-state index contributed by atoms with van der Waals surface area (Å²) in [5, 5.41) is 0. The summed E-state index contributed by atoms with van der Waals surface area (Å²) in [6, 6.07) is 5.06. The highest BCUT2D eigenvalue weighted by Crippen LogP contribution is 2.38. The molecule has 2 aliphatic rings. The smallest absolute Gasteiger partial charge is 0.254 e. The van der Waals surface area contributed by atoms with Crippen LogP contribution < -0.4 is 0 Å². The van der Waals surface area contributed by atoms with Gasteiger partial charge in [0.05, 0.1) is 0 Å². The van der Waals surface area contributed by atoms with Crippen LogP contribution in [0.25, 0.3) is 0 Å². The molecule has 0 radical (unpaired) electrons. The minimum absolute atomic E-state index is 0.0697. The molecule has 1 saturated heterocycles. The van der Waals surface area contributed by atoms with E-state index in [9.17, 15) is 9.18 Å². The first kappa shape index (κ1) is 10.8.